The first kappa shape index (κ1) is 34.6. The third-order valence-corrected chi connectivity index (χ3v) is 7.75. The Balaban J connectivity index is 0.00000588. The highest BCUT2D eigenvalue weighted by atomic mass is 35.5. The second kappa shape index (κ2) is 15.6. The smallest absolute Gasteiger partial charge is 0.332 e. The fourth-order valence-electron chi connectivity index (χ4n) is 4.31. The zero-order valence-corrected chi connectivity index (χ0v) is 25.8. The zero-order valence-electron chi connectivity index (χ0n) is 24.2. The number of β-amino-alcohol motifs (C(OH)–C–C–N with tert-alkyl or cyclic N) is 1. The molecule has 0 saturated carbocycles. The fourth-order valence-corrected chi connectivity index (χ4v) is 5.11. The van der Waals surface area contributed by atoms with Gasteiger partial charge >= 0.3 is 5.97 Å². The standard InChI is InChI=1S/C28H40N4O7S.ClH/c1-17-24(40-16-31-17)18-6-7-19(20(10-18)14-39-23(34)15-38-9-8-37-5)12-30-26(35)22-11-21(33)13-32(22)27(36)25(29)28(2,3)4;/h6-7,10,16,21-22,25,33H,8-9,11-15,29H2,1-5H3,(H,30,35);1H/t21-,22+,25-;/m1./s1. The van der Waals surface area contributed by atoms with E-state index < -0.39 is 29.6 Å². The van der Waals surface area contributed by atoms with Crippen molar-refractivity contribution in [2.24, 2.45) is 11.1 Å². The number of nitrogens with one attached hydrogen (secondary N) is 1. The maximum atomic E-state index is 13.2. The Morgan fingerprint density at radius 1 is 1.24 bits per heavy atom. The van der Waals surface area contributed by atoms with Crippen molar-refractivity contribution >= 4 is 41.5 Å². The first-order valence-corrected chi connectivity index (χ1v) is 14.1. The van der Waals surface area contributed by atoms with E-state index in [4.69, 9.17) is 19.9 Å². The van der Waals surface area contributed by atoms with Crippen LogP contribution in [0.4, 0.5) is 0 Å². The second-order valence-corrected chi connectivity index (χ2v) is 11.8. The van der Waals surface area contributed by atoms with Gasteiger partial charge in [-0.3, -0.25) is 9.59 Å². The summed E-state index contributed by atoms with van der Waals surface area (Å²) in [4.78, 5) is 45.2. The topological polar surface area (TPSA) is 153 Å². The number of esters is 1. The van der Waals surface area contributed by atoms with Gasteiger partial charge in [0.1, 0.15) is 19.3 Å². The van der Waals surface area contributed by atoms with Crippen LogP contribution >= 0.6 is 23.7 Å². The number of aryl methyl sites for hydroxylation is 1. The molecule has 1 saturated heterocycles. The number of nitrogens with zero attached hydrogens (tertiary/aromatic N) is 2. The lowest BCUT2D eigenvalue weighted by Crippen LogP contribution is -2.54. The molecule has 1 aromatic heterocycles. The Morgan fingerprint density at radius 2 is 1.98 bits per heavy atom. The number of carbonyl (C=O) groups excluding carboxylic acids is 3. The summed E-state index contributed by atoms with van der Waals surface area (Å²) in [5.74, 6) is -1.27. The molecule has 0 radical (unpaired) electrons. The lowest BCUT2D eigenvalue weighted by atomic mass is 9.86. The van der Waals surface area contributed by atoms with Crippen LogP contribution in [0.15, 0.2) is 23.7 Å². The number of hydrogen-bond acceptors (Lipinski definition) is 10. The van der Waals surface area contributed by atoms with Crippen LogP contribution in [0.5, 0.6) is 0 Å². The lowest BCUT2D eigenvalue weighted by Gasteiger charge is -2.32. The maximum Gasteiger partial charge on any atom is 0.332 e. The van der Waals surface area contributed by atoms with Gasteiger partial charge in [-0.15, -0.1) is 23.7 Å². The lowest BCUT2D eigenvalue weighted by molar-refractivity contribution is -0.150. The van der Waals surface area contributed by atoms with Crippen molar-refractivity contribution < 1.29 is 33.7 Å². The van der Waals surface area contributed by atoms with Crippen molar-refractivity contribution in [3.63, 3.8) is 0 Å². The highest BCUT2D eigenvalue weighted by molar-refractivity contribution is 7.13. The number of likely N-dealkylation sites (tertiary alicyclic amines) is 1. The van der Waals surface area contributed by atoms with Crippen LogP contribution < -0.4 is 11.1 Å². The summed E-state index contributed by atoms with van der Waals surface area (Å²) in [5.41, 5.74) is 10.7. The molecule has 1 fully saturated rings. The maximum absolute atomic E-state index is 13.2. The average molecular weight is 613 g/mol. The first-order chi connectivity index (χ1) is 18.9. The first-order valence-electron chi connectivity index (χ1n) is 13.2. The Bertz CT molecular complexity index is 1190. The monoisotopic (exact) mass is 612 g/mol. The number of carbonyl (C=O) groups is 3. The van der Waals surface area contributed by atoms with Crippen LogP contribution in [0.2, 0.25) is 0 Å². The number of methoxy groups -OCH3 is 1. The molecular weight excluding hydrogens is 572 g/mol. The summed E-state index contributed by atoms with van der Waals surface area (Å²) in [6.45, 7) is 8.11. The molecule has 1 aromatic carbocycles. The van der Waals surface area contributed by atoms with Gasteiger partial charge in [0, 0.05) is 26.6 Å². The molecule has 1 aliphatic rings. The van der Waals surface area contributed by atoms with Gasteiger partial charge in [0.2, 0.25) is 11.8 Å². The van der Waals surface area contributed by atoms with E-state index in [-0.39, 0.29) is 63.6 Å². The minimum Gasteiger partial charge on any atom is -0.459 e. The number of benzene rings is 1. The Kier molecular flexibility index (Phi) is 13.1. The molecule has 13 heteroatoms. The molecule has 4 N–H and O–H groups in total. The van der Waals surface area contributed by atoms with E-state index in [2.05, 4.69) is 10.3 Å². The average Bonchev–Trinajstić information content (AvgIpc) is 3.52. The Morgan fingerprint density at radius 3 is 2.61 bits per heavy atom. The Labute approximate surface area is 251 Å². The number of ether oxygens (including phenoxy) is 3. The molecule has 1 aliphatic heterocycles. The summed E-state index contributed by atoms with van der Waals surface area (Å²) in [6, 6.07) is 4.07. The van der Waals surface area contributed by atoms with E-state index in [0.717, 1.165) is 21.7 Å². The largest absolute Gasteiger partial charge is 0.459 e. The van der Waals surface area contributed by atoms with Crippen molar-refractivity contribution in [3.8, 4) is 10.4 Å². The van der Waals surface area contributed by atoms with Crippen molar-refractivity contribution in [2.75, 3.05) is 33.5 Å². The van der Waals surface area contributed by atoms with Crippen LogP contribution in [0.25, 0.3) is 10.4 Å². The van der Waals surface area contributed by atoms with E-state index in [1.54, 1.807) is 12.6 Å². The van der Waals surface area contributed by atoms with Crippen LogP contribution in [0, 0.1) is 12.3 Å². The quantitative estimate of drug-likeness (QED) is 0.242. The highest BCUT2D eigenvalue weighted by Crippen LogP contribution is 2.30. The number of aliphatic hydroxyl groups excluding tert-OH is 1. The van der Waals surface area contributed by atoms with E-state index in [9.17, 15) is 19.5 Å². The molecule has 228 valence electrons. The van der Waals surface area contributed by atoms with Gasteiger partial charge in [0.05, 0.1) is 41.4 Å². The molecule has 0 unspecified atom stereocenters. The number of amides is 2. The molecule has 11 nitrogen and oxygen atoms in total. The van der Waals surface area contributed by atoms with Gasteiger partial charge in [0.15, 0.2) is 0 Å². The molecule has 0 bridgehead atoms. The Hall–Kier alpha value is -2.61. The molecule has 2 aromatic rings. The van der Waals surface area contributed by atoms with Crippen molar-refractivity contribution in [1.29, 1.82) is 0 Å². The molecule has 0 aliphatic carbocycles. The van der Waals surface area contributed by atoms with E-state index >= 15 is 0 Å². The number of rotatable bonds is 12. The van der Waals surface area contributed by atoms with Crippen LogP contribution in [0.3, 0.4) is 0 Å². The minimum atomic E-state index is -0.833. The molecule has 3 rings (SSSR count). The molecule has 2 amide bonds. The number of hydrogen-bond donors (Lipinski definition) is 3. The zero-order chi connectivity index (χ0) is 29.4. The number of aliphatic hydroxyl groups is 1. The number of nitrogens with two attached hydrogens (primary N) is 1. The van der Waals surface area contributed by atoms with Gasteiger partial charge in [-0.2, -0.15) is 0 Å². The predicted molar refractivity (Wildman–Crippen MR) is 157 cm³/mol. The third-order valence-electron chi connectivity index (χ3n) is 6.77. The summed E-state index contributed by atoms with van der Waals surface area (Å²) in [6.07, 6.45) is -0.680. The van der Waals surface area contributed by atoms with E-state index in [1.165, 1.54) is 16.2 Å². The van der Waals surface area contributed by atoms with Crippen LogP contribution in [-0.4, -0.2) is 84.4 Å². The number of thiazole rings is 1. The SMILES string of the molecule is COCCOCC(=O)OCc1cc(-c2scnc2C)ccc1CNC(=O)[C@@H]1C[C@@H](O)CN1C(=O)[C@@H](N)C(C)(C)C.Cl. The summed E-state index contributed by atoms with van der Waals surface area (Å²) in [7, 11) is 1.55. The minimum absolute atomic E-state index is 0. The molecule has 2 heterocycles. The molecular formula is C28H41ClN4O7S. The molecule has 0 spiro atoms. The van der Waals surface area contributed by atoms with Crippen LogP contribution in [0.1, 0.15) is 44.0 Å². The van der Waals surface area contributed by atoms with Gasteiger partial charge < -0.3 is 35.3 Å². The summed E-state index contributed by atoms with van der Waals surface area (Å²) in [5, 5.41) is 13.1. The van der Waals surface area contributed by atoms with Crippen molar-refractivity contribution in [3.05, 3.63) is 40.5 Å². The molecule has 41 heavy (non-hydrogen) atoms. The van der Waals surface area contributed by atoms with E-state index in [0.29, 0.717) is 12.2 Å². The van der Waals surface area contributed by atoms with Gasteiger partial charge in [-0.25, -0.2) is 9.78 Å². The summed E-state index contributed by atoms with van der Waals surface area (Å²) < 4.78 is 15.6. The van der Waals surface area contributed by atoms with Crippen molar-refractivity contribution in [2.45, 2.75) is 65.5 Å². The molecule has 3 atom stereocenters. The van der Waals surface area contributed by atoms with Crippen LogP contribution in [-0.2, 0) is 41.7 Å². The summed E-state index contributed by atoms with van der Waals surface area (Å²) >= 11 is 1.51. The second-order valence-electron chi connectivity index (χ2n) is 10.9. The third kappa shape index (κ3) is 9.45. The van der Waals surface area contributed by atoms with Gasteiger partial charge in [0.25, 0.3) is 0 Å². The normalized spacial score (nSPS) is 17.6. The van der Waals surface area contributed by atoms with E-state index in [1.807, 2.05) is 45.9 Å². The van der Waals surface area contributed by atoms with Crippen molar-refractivity contribution in [1.82, 2.24) is 15.2 Å². The van der Waals surface area contributed by atoms with Gasteiger partial charge in [-0.05, 0) is 35.1 Å². The number of halogens is 1. The number of aromatic nitrogens is 1. The highest BCUT2D eigenvalue weighted by Gasteiger charge is 2.42. The predicted octanol–water partition coefficient (Wildman–Crippen LogP) is 2.20. The van der Waals surface area contributed by atoms with Gasteiger partial charge in [-0.1, -0.05) is 32.9 Å². The fraction of sp³-hybridized carbons (Fsp3) is 0.571.